The number of amides is 1. The van der Waals surface area contributed by atoms with Crippen LogP contribution in [0.5, 0.6) is 0 Å². The normalized spacial score (nSPS) is 18.5. The number of primary amides is 1. The van der Waals surface area contributed by atoms with Crippen molar-refractivity contribution in [3.63, 3.8) is 0 Å². The van der Waals surface area contributed by atoms with Gasteiger partial charge < -0.3 is 11.1 Å². The molecule has 1 aromatic carbocycles. The number of hydrogen-bond acceptors (Lipinski definition) is 2. The van der Waals surface area contributed by atoms with Crippen LogP contribution in [0.25, 0.3) is 0 Å². The van der Waals surface area contributed by atoms with Gasteiger partial charge in [0.2, 0.25) is 5.91 Å². The molecule has 0 bridgehead atoms. The molecule has 0 radical (unpaired) electrons. The summed E-state index contributed by atoms with van der Waals surface area (Å²) in [6, 6.07) is 7.38. The average Bonchev–Trinajstić information content (AvgIpc) is 2.30. The molecule has 1 amide bonds. The predicted octanol–water partition coefficient (Wildman–Crippen LogP) is 1.50. The first kappa shape index (κ1) is 9.52. The Morgan fingerprint density at radius 2 is 2.07 bits per heavy atom. The molecule has 1 aromatic rings. The summed E-state index contributed by atoms with van der Waals surface area (Å²) in [5, 5.41) is 3.16. The van der Waals surface area contributed by atoms with Gasteiger partial charge in [-0.05, 0) is 23.9 Å². The van der Waals surface area contributed by atoms with Gasteiger partial charge in [0.25, 0.3) is 0 Å². The minimum Gasteiger partial charge on any atom is -0.381 e. The number of carbonyl (C=O) groups is 1. The van der Waals surface area contributed by atoms with Crippen molar-refractivity contribution in [3.8, 4) is 0 Å². The summed E-state index contributed by atoms with van der Waals surface area (Å²) in [6.45, 7) is 0. The number of carbonyl (C=O) groups excluding carboxylic acids is 1. The fourth-order valence-corrected chi connectivity index (χ4v) is 1.63. The Bertz CT molecular complexity index is 435. The summed E-state index contributed by atoms with van der Waals surface area (Å²) in [5.74, 6) is -0.393. The molecule has 0 fully saturated rings. The summed E-state index contributed by atoms with van der Waals surface area (Å²) in [5.41, 5.74) is 6.79. The molecule has 3 nitrogen and oxygen atoms in total. The Morgan fingerprint density at radius 1 is 1.27 bits per heavy atom. The van der Waals surface area contributed by atoms with E-state index in [9.17, 15) is 4.79 Å². The Hall–Kier alpha value is -2.03. The Balaban J connectivity index is 2.39. The van der Waals surface area contributed by atoms with E-state index in [-0.39, 0.29) is 6.04 Å². The minimum atomic E-state index is -0.393. The maximum absolute atomic E-state index is 11.2. The van der Waals surface area contributed by atoms with Gasteiger partial charge in [-0.3, -0.25) is 4.79 Å². The van der Waals surface area contributed by atoms with Gasteiger partial charge in [-0.25, -0.2) is 0 Å². The van der Waals surface area contributed by atoms with Gasteiger partial charge in [0, 0.05) is 5.56 Å². The molecule has 0 aromatic heterocycles. The van der Waals surface area contributed by atoms with Crippen molar-refractivity contribution in [2.75, 3.05) is 0 Å². The van der Waals surface area contributed by atoms with E-state index in [2.05, 4.69) is 5.32 Å². The molecule has 1 heterocycles. The van der Waals surface area contributed by atoms with E-state index in [0.29, 0.717) is 5.56 Å². The van der Waals surface area contributed by atoms with Gasteiger partial charge in [-0.1, -0.05) is 30.4 Å². The van der Waals surface area contributed by atoms with Gasteiger partial charge in [-0.2, -0.15) is 0 Å². The van der Waals surface area contributed by atoms with Crippen LogP contribution >= 0.6 is 0 Å². The van der Waals surface area contributed by atoms with E-state index in [1.54, 1.807) is 6.07 Å². The van der Waals surface area contributed by atoms with Gasteiger partial charge >= 0.3 is 0 Å². The van der Waals surface area contributed by atoms with Crippen LogP contribution in [-0.2, 0) is 0 Å². The predicted molar refractivity (Wildman–Crippen MR) is 59.1 cm³/mol. The van der Waals surface area contributed by atoms with Crippen LogP contribution in [0.15, 0.2) is 48.7 Å². The number of nitrogens with two attached hydrogens (primary N) is 1. The Kier molecular flexibility index (Phi) is 2.54. The van der Waals surface area contributed by atoms with E-state index >= 15 is 0 Å². The van der Waals surface area contributed by atoms with Crippen LogP contribution in [-0.4, -0.2) is 5.91 Å². The monoisotopic (exact) mass is 200 g/mol. The molecule has 15 heavy (non-hydrogen) atoms. The molecule has 1 aliphatic heterocycles. The number of rotatable bonds is 2. The number of hydrogen-bond donors (Lipinski definition) is 2. The SMILES string of the molecule is NC(=O)c1ccccc1C1C=CC=CN1. The highest BCUT2D eigenvalue weighted by Crippen LogP contribution is 2.20. The van der Waals surface area contributed by atoms with Crippen LogP contribution < -0.4 is 11.1 Å². The molecule has 0 saturated carbocycles. The lowest BCUT2D eigenvalue weighted by molar-refractivity contribution is 0.0999. The van der Waals surface area contributed by atoms with E-state index in [0.717, 1.165) is 5.56 Å². The lowest BCUT2D eigenvalue weighted by atomic mass is 9.98. The fourth-order valence-electron chi connectivity index (χ4n) is 1.63. The van der Waals surface area contributed by atoms with Crippen LogP contribution in [0.3, 0.4) is 0 Å². The average molecular weight is 200 g/mol. The molecular formula is C12H12N2O. The van der Waals surface area contributed by atoms with Crippen molar-refractivity contribution >= 4 is 5.91 Å². The molecule has 1 unspecified atom stereocenters. The van der Waals surface area contributed by atoms with Crippen molar-refractivity contribution < 1.29 is 4.79 Å². The Morgan fingerprint density at radius 3 is 2.73 bits per heavy atom. The third-order valence-corrected chi connectivity index (χ3v) is 2.35. The first-order valence-corrected chi connectivity index (χ1v) is 4.77. The van der Waals surface area contributed by atoms with E-state index in [4.69, 9.17) is 5.73 Å². The zero-order valence-corrected chi connectivity index (χ0v) is 8.18. The van der Waals surface area contributed by atoms with Crippen molar-refractivity contribution in [2.24, 2.45) is 5.73 Å². The summed E-state index contributed by atoms with van der Waals surface area (Å²) in [4.78, 5) is 11.2. The largest absolute Gasteiger partial charge is 0.381 e. The number of benzene rings is 1. The quantitative estimate of drug-likeness (QED) is 0.760. The summed E-state index contributed by atoms with van der Waals surface area (Å²) < 4.78 is 0. The van der Waals surface area contributed by atoms with Gasteiger partial charge in [0.15, 0.2) is 0 Å². The Labute approximate surface area is 88.3 Å². The number of nitrogens with one attached hydrogen (secondary N) is 1. The molecule has 3 N–H and O–H groups in total. The van der Waals surface area contributed by atoms with Gasteiger partial charge in [-0.15, -0.1) is 0 Å². The molecule has 0 spiro atoms. The first-order chi connectivity index (χ1) is 7.29. The number of dihydropyridines is 1. The van der Waals surface area contributed by atoms with Crippen LogP contribution in [0.1, 0.15) is 22.0 Å². The lowest BCUT2D eigenvalue weighted by Gasteiger charge is -2.18. The van der Waals surface area contributed by atoms with Crippen LogP contribution in [0.2, 0.25) is 0 Å². The second-order valence-electron chi connectivity index (χ2n) is 3.34. The van der Waals surface area contributed by atoms with Gasteiger partial charge in [0.1, 0.15) is 0 Å². The molecule has 76 valence electrons. The highest BCUT2D eigenvalue weighted by molar-refractivity contribution is 5.94. The second kappa shape index (κ2) is 4.00. The third-order valence-electron chi connectivity index (χ3n) is 2.35. The smallest absolute Gasteiger partial charge is 0.249 e. The zero-order chi connectivity index (χ0) is 10.7. The van der Waals surface area contributed by atoms with Crippen molar-refractivity contribution in [3.05, 3.63) is 59.8 Å². The van der Waals surface area contributed by atoms with Crippen molar-refractivity contribution in [1.82, 2.24) is 5.32 Å². The molecule has 0 saturated heterocycles. The standard InChI is InChI=1S/C12H12N2O/c13-12(15)10-6-2-1-5-9(10)11-7-3-4-8-14-11/h1-8,11,14H,(H2,13,15). The van der Waals surface area contributed by atoms with E-state index in [1.807, 2.05) is 42.6 Å². The highest BCUT2D eigenvalue weighted by Gasteiger charge is 2.14. The molecule has 1 aliphatic rings. The second-order valence-corrected chi connectivity index (χ2v) is 3.34. The van der Waals surface area contributed by atoms with Crippen LogP contribution in [0, 0.1) is 0 Å². The maximum Gasteiger partial charge on any atom is 0.249 e. The molecule has 0 aliphatic carbocycles. The first-order valence-electron chi connectivity index (χ1n) is 4.77. The summed E-state index contributed by atoms with van der Waals surface area (Å²) >= 11 is 0. The molecular weight excluding hydrogens is 188 g/mol. The molecule has 3 heteroatoms. The van der Waals surface area contributed by atoms with Crippen LogP contribution in [0.4, 0.5) is 0 Å². The summed E-state index contributed by atoms with van der Waals surface area (Å²) in [6.07, 6.45) is 7.69. The van der Waals surface area contributed by atoms with Gasteiger partial charge in [0.05, 0.1) is 6.04 Å². The van der Waals surface area contributed by atoms with E-state index < -0.39 is 5.91 Å². The minimum absolute atomic E-state index is 0.0266. The van der Waals surface area contributed by atoms with Crippen molar-refractivity contribution in [2.45, 2.75) is 6.04 Å². The fraction of sp³-hybridized carbons (Fsp3) is 0.0833. The number of allylic oxidation sites excluding steroid dienone is 2. The lowest BCUT2D eigenvalue weighted by Crippen LogP contribution is -2.21. The highest BCUT2D eigenvalue weighted by atomic mass is 16.1. The third kappa shape index (κ3) is 1.91. The molecule has 1 atom stereocenters. The topological polar surface area (TPSA) is 55.1 Å². The maximum atomic E-state index is 11.2. The summed E-state index contributed by atoms with van der Waals surface area (Å²) in [7, 11) is 0. The zero-order valence-electron chi connectivity index (χ0n) is 8.18. The van der Waals surface area contributed by atoms with E-state index in [1.165, 1.54) is 0 Å². The molecule has 2 rings (SSSR count). The van der Waals surface area contributed by atoms with Crippen molar-refractivity contribution in [1.29, 1.82) is 0 Å².